The minimum atomic E-state index is -0.0385. The number of fused-ring (bicyclic) bond motifs is 1. The van der Waals surface area contributed by atoms with Gasteiger partial charge in [-0.2, -0.15) is 0 Å². The van der Waals surface area contributed by atoms with Crippen LogP contribution in [0.1, 0.15) is 12.8 Å². The van der Waals surface area contributed by atoms with Crippen LogP contribution in [0, 0.1) is 5.92 Å². The van der Waals surface area contributed by atoms with Gasteiger partial charge in [-0.3, -0.25) is 9.69 Å². The first-order valence-corrected chi connectivity index (χ1v) is 5.35. The Kier molecular flexibility index (Phi) is 3.03. The van der Waals surface area contributed by atoms with E-state index in [4.69, 9.17) is 4.74 Å². The monoisotopic (exact) mass is 198 g/mol. The standard InChI is InChI=1S/C10H18N2O2/c1-14-10(13)8-3-2-5-12-6-4-11-7-9(8)12/h8-9,11H,2-7H2,1H3/t8-,9+/m0/s1. The van der Waals surface area contributed by atoms with Crippen LogP contribution >= 0.6 is 0 Å². The Balaban J connectivity index is 2.04. The molecule has 2 heterocycles. The van der Waals surface area contributed by atoms with Gasteiger partial charge in [-0.15, -0.1) is 0 Å². The van der Waals surface area contributed by atoms with Gasteiger partial charge in [0, 0.05) is 25.7 Å². The summed E-state index contributed by atoms with van der Waals surface area (Å²) in [5, 5.41) is 3.34. The van der Waals surface area contributed by atoms with Crippen LogP contribution in [-0.2, 0) is 9.53 Å². The van der Waals surface area contributed by atoms with E-state index in [0.717, 1.165) is 39.0 Å². The molecule has 0 aliphatic carbocycles. The average Bonchev–Trinajstić information content (AvgIpc) is 2.27. The maximum Gasteiger partial charge on any atom is 0.310 e. The Labute approximate surface area is 84.6 Å². The minimum absolute atomic E-state index is 0.0385. The highest BCUT2D eigenvalue weighted by atomic mass is 16.5. The molecule has 2 rings (SSSR count). The van der Waals surface area contributed by atoms with E-state index in [1.165, 1.54) is 7.11 Å². The fraction of sp³-hybridized carbons (Fsp3) is 0.900. The molecule has 0 amide bonds. The van der Waals surface area contributed by atoms with Crippen molar-refractivity contribution in [2.45, 2.75) is 18.9 Å². The van der Waals surface area contributed by atoms with Crippen LogP contribution in [0.3, 0.4) is 0 Å². The average molecular weight is 198 g/mol. The molecule has 2 fully saturated rings. The lowest BCUT2D eigenvalue weighted by atomic mass is 9.88. The van der Waals surface area contributed by atoms with Gasteiger partial charge in [0.15, 0.2) is 0 Å². The summed E-state index contributed by atoms with van der Waals surface area (Å²) in [6, 6.07) is 0.366. The highest BCUT2D eigenvalue weighted by molar-refractivity contribution is 5.73. The fourth-order valence-corrected chi connectivity index (χ4v) is 2.57. The predicted octanol–water partition coefficient (Wildman–Crippen LogP) is -0.157. The van der Waals surface area contributed by atoms with Crippen molar-refractivity contribution in [3.05, 3.63) is 0 Å². The number of esters is 1. The Hall–Kier alpha value is -0.610. The van der Waals surface area contributed by atoms with Crippen molar-refractivity contribution in [1.29, 1.82) is 0 Å². The van der Waals surface area contributed by atoms with Crippen LogP contribution in [0.5, 0.6) is 0 Å². The van der Waals surface area contributed by atoms with Crippen molar-refractivity contribution >= 4 is 5.97 Å². The first-order chi connectivity index (χ1) is 6.83. The summed E-state index contributed by atoms with van der Waals surface area (Å²) in [5.41, 5.74) is 0. The number of nitrogens with zero attached hydrogens (tertiary/aromatic N) is 1. The second-order valence-corrected chi connectivity index (χ2v) is 4.08. The number of nitrogens with one attached hydrogen (secondary N) is 1. The van der Waals surface area contributed by atoms with E-state index in [1.807, 2.05) is 0 Å². The summed E-state index contributed by atoms with van der Waals surface area (Å²) in [6.07, 6.45) is 2.10. The predicted molar refractivity (Wildman–Crippen MR) is 53.0 cm³/mol. The SMILES string of the molecule is COC(=O)[C@H]1CCCN2CCNC[C@H]12. The summed E-state index contributed by atoms with van der Waals surface area (Å²) in [5.74, 6) is 0.0462. The number of hydrogen-bond donors (Lipinski definition) is 1. The van der Waals surface area contributed by atoms with Gasteiger partial charge in [-0.25, -0.2) is 0 Å². The molecule has 0 bridgehead atoms. The van der Waals surface area contributed by atoms with E-state index in [2.05, 4.69) is 10.2 Å². The van der Waals surface area contributed by atoms with Gasteiger partial charge in [0.05, 0.1) is 13.0 Å². The van der Waals surface area contributed by atoms with E-state index in [-0.39, 0.29) is 11.9 Å². The van der Waals surface area contributed by atoms with Crippen LogP contribution < -0.4 is 5.32 Å². The molecule has 0 saturated carbocycles. The summed E-state index contributed by atoms with van der Waals surface area (Å²) < 4.78 is 4.85. The lowest BCUT2D eigenvalue weighted by Gasteiger charge is -2.43. The van der Waals surface area contributed by atoms with Gasteiger partial charge in [0.25, 0.3) is 0 Å². The molecule has 80 valence electrons. The lowest BCUT2D eigenvalue weighted by Crippen LogP contribution is -2.58. The molecule has 14 heavy (non-hydrogen) atoms. The molecule has 2 aliphatic rings. The highest BCUT2D eigenvalue weighted by Crippen LogP contribution is 2.25. The molecular weight excluding hydrogens is 180 g/mol. The van der Waals surface area contributed by atoms with Gasteiger partial charge < -0.3 is 10.1 Å². The first-order valence-electron chi connectivity index (χ1n) is 5.35. The molecule has 0 aromatic rings. The molecular formula is C10H18N2O2. The topological polar surface area (TPSA) is 41.6 Å². The third-order valence-electron chi connectivity index (χ3n) is 3.33. The maximum absolute atomic E-state index is 11.5. The van der Waals surface area contributed by atoms with Crippen molar-refractivity contribution in [1.82, 2.24) is 10.2 Å². The van der Waals surface area contributed by atoms with E-state index in [9.17, 15) is 4.79 Å². The summed E-state index contributed by atoms with van der Waals surface area (Å²) in [4.78, 5) is 14.0. The number of hydrogen-bond acceptors (Lipinski definition) is 4. The molecule has 2 saturated heterocycles. The van der Waals surface area contributed by atoms with Crippen LogP contribution in [-0.4, -0.2) is 50.2 Å². The van der Waals surface area contributed by atoms with Crippen molar-refractivity contribution in [3.8, 4) is 0 Å². The number of piperidine rings is 1. The van der Waals surface area contributed by atoms with Crippen molar-refractivity contribution < 1.29 is 9.53 Å². The van der Waals surface area contributed by atoms with E-state index >= 15 is 0 Å². The third kappa shape index (κ3) is 1.77. The van der Waals surface area contributed by atoms with E-state index in [0.29, 0.717) is 6.04 Å². The molecule has 1 N–H and O–H groups in total. The molecule has 0 spiro atoms. The number of rotatable bonds is 1. The number of piperazine rings is 1. The molecule has 0 unspecified atom stereocenters. The minimum Gasteiger partial charge on any atom is -0.469 e. The number of carbonyl (C=O) groups is 1. The smallest absolute Gasteiger partial charge is 0.310 e. The second kappa shape index (κ2) is 4.28. The van der Waals surface area contributed by atoms with Gasteiger partial charge in [-0.05, 0) is 19.4 Å². The van der Waals surface area contributed by atoms with Crippen LogP contribution in [0.4, 0.5) is 0 Å². The largest absolute Gasteiger partial charge is 0.469 e. The zero-order valence-corrected chi connectivity index (χ0v) is 8.66. The Morgan fingerprint density at radius 3 is 3.14 bits per heavy atom. The van der Waals surface area contributed by atoms with Gasteiger partial charge >= 0.3 is 5.97 Å². The molecule has 0 radical (unpaired) electrons. The van der Waals surface area contributed by atoms with Gasteiger partial charge in [-0.1, -0.05) is 0 Å². The van der Waals surface area contributed by atoms with Crippen LogP contribution in [0.15, 0.2) is 0 Å². The normalized spacial score (nSPS) is 33.5. The Morgan fingerprint density at radius 1 is 1.50 bits per heavy atom. The van der Waals surface area contributed by atoms with Gasteiger partial charge in [0.1, 0.15) is 0 Å². The maximum atomic E-state index is 11.5. The molecule has 4 heteroatoms. The van der Waals surface area contributed by atoms with Crippen molar-refractivity contribution in [3.63, 3.8) is 0 Å². The molecule has 0 aromatic heterocycles. The van der Waals surface area contributed by atoms with Crippen molar-refractivity contribution in [2.24, 2.45) is 5.92 Å². The zero-order valence-electron chi connectivity index (χ0n) is 8.66. The molecule has 0 aromatic carbocycles. The highest BCUT2D eigenvalue weighted by Gasteiger charge is 2.37. The molecule has 4 nitrogen and oxygen atoms in total. The van der Waals surface area contributed by atoms with Gasteiger partial charge in [0.2, 0.25) is 0 Å². The van der Waals surface area contributed by atoms with E-state index in [1.54, 1.807) is 0 Å². The quantitative estimate of drug-likeness (QED) is 0.595. The Morgan fingerprint density at radius 2 is 2.36 bits per heavy atom. The third-order valence-corrected chi connectivity index (χ3v) is 3.33. The fourth-order valence-electron chi connectivity index (χ4n) is 2.57. The van der Waals surface area contributed by atoms with E-state index < -0.39 is 0 Å². The first kappa shape index (κ1) is 9.93. The second-order valence-electron chi connectivity index (χ2n) is 4.08. The number of carbonyl (C=O) groups excluding carboxylic acids is 1. The zero-order chi connectivity index (χ0) is 9.97. The van der Waals surface area contributed by atoms with Crippen LogP contribution in [0.2, 0.25) is 0 Å². The van der Waals surface area contributed by atoms with Crippen LogP contribution in [0.25, 0.3) is 0 Å². The Bertz CT molecular complexity index is 218. The lowest BCUT2D eigenvalue weighted by molar-refractivity contribution is -0.150. The van der Waals surface area contributed by atoms with Crippen molar-refractivity contribution in [2.75, 3.05) is 33.3 Å². The summed E-state index contributed by atoms with van der Waals surface area (Å²) in [7, 11) is 1.48. The molecule has 2 aliphatic heterocycles. The summed E-state index contributed by atoms with van der Waals surface area (Å²) in [6.45, 7) is 4.18. The number of ether oxygens (including phenoxy) is 1. The summed E-state index contributed by atoms with van der Waals surface area (Å²) >= 11 is 0. The number of methoxy groups -OCH3 is 1. The molecule has 2 atom stereocenters.